The molecule has 0 spiro atoms. The second-order valence-electron chi connectivity index (χ2n) is 6.81. The number of carbonyl (C=O) groups excluding carboxylic acids is 2. The van der Waals surface area contributed by atoms with Crippen molar-refractivity contribution in [3.63, 3.8) is 0 Å². The molecule has 0 radical (unpaired) electrons. The van der Waals surface area contributed by atoms with Gasteiger partial charge in [0.1, 0.15) is 17.8 Å². The number of nitrogens with one attached hydrogen (secondary N) is 1. The van der Waals surface area contributed by atoms with Crippen LogP contribution < -0.4 is 10.1 Å². The van der Waals surface area contributed by atoms with E-state index in [2.05, 4.69) is 5.32 Å². The average molecular weight is 366 g/mol. The lowest BCUT2D eigenvalue weighted by Crippen LogP contribution is -2.42. The number of benzene rings is 2. The molecular formula is C22H26N2O3. The number of ether oxygens (including phenoxy) is 1. The first-order valence-corrected chi connectivity index (χ1v) is 9.46. The largest absolute Gasteiger partial charge is 0.489 e. The lowest BCUT2D eigenvalue weighted by atomic mass is 10.0. The summed E-state index contributed by atoms with van der Waals surface area (Å²) in [5.74, 6) is 0.461. The number of anilines is 1. The minimum absolute atomic E-state index is 0.0622. The molecule has 0 aliphatic heterocycles. The van der Waals surface area contributed by atoms with Crippen molar-refractivity contribution in [2.75, 3.05) is 18.4 Å². The molecule has 1 fully saturated rings. The van der Waals surface area contributed by atoms with Crippen LogP contribution in [-0.2, 0) is 16.2 Å². The van der Waals surface area contributed by atoms with E-state index in [1.54, 1.807) is 17.0 Å². The van der Waals surface area contributed by atoms with Crippen molar-refractivity contribution in [3.05, 3.63) is 60.2 Å². The van der Waals surface area contributed by atoms with Gasteiger partial charge in [-0.05, 0) is 56.5 Å². The van der Waals surface area contributed by atoms with E-state index in [0.29, 0.717) is 38.2 Å². The Bertz CT molecular complexity index is 779. The van der Waals surface area contributed by atoms with Crippen LogP contribution in [0.25, 0.3) is 0 Å². The van der Waals surface area contributed by atoms with Crippen molar-refractivity contribution in [2.45, 2.75) is 33.3 Å². The SMILES string of the molecule is CCN(CC)C(=O)C1(C(=O)Nc2ccc(OCc3ccccc3)cc2)CC1. The quantitative estimate of drug-likeness (QED) is 0.722. The van der Waals surface area contributed by atoms with Gasteiger partial charge in [-0.3, -0.25) is 9.59 Å². The van der Waals surface area contributed by atoms with Crippen LogP contribution in [0.3, 0.4) is 0 Å². The van der Waals surface area contributed by atoms with E-state index >= 15 is 0 Å². The number of hydrogen-bond donors (Lipinski definition) is 1. The molecule has 1 N–H and O–H groups in total. The van der Waals surface area contributed by atoms with Crippen LogP contribution in [0, 0.1) is 5.41 Å². The van der Waals surface area contributed by atoms with Crippen LogP contribution in [-0.4, -0.2) is 29.8 Å². The molecule has 0 heterocycles. The number of carbonyl (C=O) groups is 2. The molecule has 5 nitrogen and oxygen atoms in total. The first-order valence-electron chi connectivity index (χ1n) is 9.46. The molecule has 0 saturated heterocycles. The highest BCUT2D eigenvalue weighted by Crippen LogP contribution is 2.48. The third-order valence-electron chi connectivity index (χ3n) is 5.01. The Morgan fingerprint density at radius 2 is 1.63 bits per heavy atom. The molecule has 0 bridgehead atoms. The second-order valence-corrected chi connectivity index (χ2v) is 6.81. The van der Waals surface area contributed by atoms with Crippen LogP contribution in [0.15, 0.2) is 54.6 Å². The Balaban J connectivity index is 1.58. The molecule has 27 heavy (non-hydrogen) atoms. The van der Waals surface area contributed by atoms with Gasteiger partial charge in [0.25, 0.3) is 0 Å². The predicted octanol–water partition coefficient (Wildman–Crippen LogP) is 3.85. The molecule has 2 aromatic rings. The molecule has 2 aromatic carbocycles. The summed E-state index contributed by atoms with van der Waals surface area (Å²) in [6.45, 7) is 5.61. The summed E-state index contributed by atoms with van der Waals surface area (Å²) >= 11 is 0. The standard InChI is InChI=1S/C22H26N2O3/c1-3-24(4-2)21(26)22(14-15-22)20(25)23-18-10-12-19(13-11-18)27-16-17-8-6-5-7-9-17/h5-13H,3-4,14-16H2,1-2H3,(H,23,25). The van der Waals surface area contributed by atoms with Crippen LogP contribution in [0.5, 0.6) is 5.75 Å². The van der Waals surface area contributed by atoms with Gasteiger partial charge >= 0.3 is 0 Å². The van der Waals surface area contributed by atoms with Gasteiger partial charge in [0.05, 0.1) is 0 Å². The summed E-state index contributed by atoms with van der Waals surface area (Å²) in [5, 5.41) is 2.89. The Morgan fingerprint density at radius 1 is 1.00 bits per heavy atom. The Kier molecular flexibility index (Phi) is 5.79. The van der Waals surface area contributed by atoms with Crippen molar-refractivity contribution in [2.24, 2.45) is 5.41 Å². The summed E-state index contributed by atoms with van der Waals surface area (Å²) in [7, 11) is 0. The third-order valence-corrected chi connectivity index (χ3v) is 5.01. The number of hydrogen-bond acceptors (Lipinski definition) is 3. The van der Waals surface area contributed by atoms with Crippen LogP contribution >= 0.6 is 0 Å². The van der Waals surface area contributed by atoms with Crippen LogP contribution in [0.4, 0.5) is 5.69 Å². The van der Waals surface area contributed by atoms with Crippen molar-refractivity contribution in [3.8, 4) is 5.75 Å². The van der Waals surface area contributed by atoms with Gasteiger partial charge in [0, 0.05) is 18.8 Å². The molecule has 0 atom stereocenters. The van der Waals surface area contributed by atoms with E-state index < -0.39 is 5.41 Å². The second kappa shape index (κ2) is 8.25. The molecular weight excluding hydrogens is 340 g/mol. The van der Waals surface area contributed by atoms with E-state index in [0.717, 1.165) is 11.3 Å². The fraction of sp³-hybridized carbons (Fsp3) is 0.364. The van der Waals surface area contributed by atoms with Crippen molar-refractivity contribution in [1.29, 1.82) is 0 Å². The van der Waals surface area contributed by atoms with Gasteiger partial charge in [0.2, 0.25) is 11.8 Å². The van der Waals surface area contributed by atoms with Crippen LogP contribution in [0.2, 0.25) is 0 Å². The minimum atomic E-state index is -0.880. The summed E-state index contributed by atoms with van der Waals surface area (Å²) < 4.78 is 5.76. The fourth-order valence-electron chi connectivity index (χ4n) is 3.10. The highest BCUT2D eigenvalue weighted by atomic mass is 16.5. The molecule has 1 aliphatic carbocycles. The topological polar surface area (TPSA) is 58.6 Å². The maximum atomic E-state index is 12.7. The Morgan fingerprint density at radius 3 is 2.19 bits per heavy atom. The molecule has 0 unspecified atom stereocenters. The Labute approximate surface area is 160 Å². The van der Waals surface area contributed by atoms with E-state index in [4.69, 9.17) is 4.74 Å². The fourth-order valence-corrected chi connectivity index (χ4v) is 3.10. The monoisotopic (exact) mass is 366 g/mol. The predicted molar refractivity (Wildman–Crippen MR) is 105 cm³/mol. The van der Waals surface area contributed by atoms with Gasteiger partial charge in [0.15, 0.2) is 0 Å². The van der Waals surface area contributed by atoms with Crippen molar-refractivity contribution in [1.82, 2.24) is 4.90 Å². The van der Waals surface area contributed by atoms with E-state index in [1.165, 1.54) is 0 Å². The maximum absolute atomic E-state index is 12.7. The van der Waals surface area contributed by atoms with E-state index in [-0.39, 0.29) is 11.8 Å². The van der Waals surface area contributed by atoms with Crippen molar-refractivity contribution >= 4 is 17.5 Å². The molecule has 1 aliphatic rings. The zero-order valence-electron chi connectivity index (χ0n) is 15.9. The molecule has 3 rings (SSSR count). The first-order chi connectivity index (χ1) is 13.1. The number of rotatable bonds is 8. The van der Waals surface area contributed by atoms with Gasteiger partial charge in [-0.2, -0.15) is 0 Å². The Hall–Kier alpha value is -2.82. The lowest BCUT2D eigenvalue weighted by Gasteiger charge is -2.24. The first kappa shape index (κ1) is 19.0. The normalized spacial score (nSPS) is 14.3. The molecule has 5 heteroatoms. The maximum Gasteiger partial charge on any atom is 0.240 e. The van der Waals surface area contributed by atoms with Crippen molar-refractivity contribution < 1.29 is 14.3 Å². The molecule has 0 aromatic heterocycles. The van der Waals surface area contributed by atoms with Gasteiger partial charge < -0.3 is 15.0 Å². The highest BCUT2D eigenvalue weighted by Gasteiger charge is 2.57. The zero-order valence-corrected chi connectivity index (χ0v) is 15.9. The van der Waals surface area contributed by atoms with E-state index in [1.807, 2.05) is 56.3 Å². The van der Waals surface area contributed by atoms with Gasteiger partial charge in [-0.15, -0.1) is 0 Å². The summed E-state index contributed by atoms with van der Waals surface area (Å²) in [4.78, 5) is 27.0. The van der Waals surface area contributed by atoms with Crippen LogP contribution in [0.1, 0.15) is 32.3 Å². The summed E-state index contributed by atoms with van der Waals surface area (Å²) in [5.41, 5.74) is 0.889. The zero-order chi connectivity index (χ0) is 19.3. The van der Waals surface area contributed by atoms with E-state index in [9.17, 15) is 9.59 Å². The molecule has 142 valence electrons. The number of nitrogens with zero attached hydrogens (tertiary/aromatic N) is 1. The van der Waals surface area contributed by atoms with Gasteiger partial charge in [-0.25, -0.2) is 0 Å². The smallest absolute Gasteiger partial charge is 0.240 e. The lowest BCUT2D eigenvalue weighted by molar-refractivity contribution is -0.141. The highest BCUT2D eigenvalue weighted by molar-refractivity contribution is 6.13. The molecule has 2 amide bonds. The number of amides is 2. The summed E-state index contributed by atoms with van der Waals surface area (Å²) in [6, 6.07) is 17.2. The third kappa shape index (κ3) is 4.30. The average Bonchev–Trinajstić information content (AvgIpc) is 3.51. The minimum Gasteiger partial charge on any atom is -0.489 e. The summed E-state index contributed by atoms with van der Waals surface area (Å²) in [6.07, 6.45) is 1.23. The molecule has 1 saturated carbocycles. The van der Waals surface area contributed by atoms with Gasteiger partial charge in [-0.1, -0.05) is 30.3 Å².